The third kappa shape index (κ3) is 2.47. The van der Waals surface area contributed by atoms with Gasteiger partial charge in [0.2, 0.25) is 5.91 Å². The average Bonchev–Trinajstić information content (AvgIpc) is 3.20. The first-order valence-corrected chi connectivity index (χ1v) is 7.88. The van der Waals surface area contributed by atoms with Crippen molar-refractivity contribution in [3.05, 3.63) is 35.4 Å². The molecule has 0 aromatic heterocycles. The maximum atomic E-state index is 12.7. The van der Waals surface area contributed by atoms with Crippen molar-refractivity contribution in [3.8, 4) is 0 Å². The Morgan fingerprint density at radius 1 is 1.35 bits per heavy atom. The number of benzene rings is 1. The fourth-order valence-electron chi connectivity index (χ4n) is 3.39. The predicted molar refractivity (Wildman–Crippen MR) is 80.3 cm³/mol. The van der Waals surface area contributed by atoms with Gasteiger partial charge in [-0.05, 0) is 43.2 Å². The SMILES string of the molecule is CCCC(N)C(=O)N(C1CC1)C1CCc2ccccc21. The van der Waals surface area contributed by atoms with Crippen LogP contribution in [0.4, 0.5) is 0 Å². The van der Waals surface area contributed by atoms with Gasteiger partial charge in [0.05, 0.1) is 12.1 Å². The van der Waals surface area contributed by atoms with Crippen LogP contribution in [0.15, 0.2) is 24.3 Å². The van der Waals surface area contributed by atoms with Crippen LogP contribution in [0.5, 0.6) is 0 Å². The second-order valence-corrected chi connectivity index (χ2v) is 6.13. The van der Waals surface area contributed by atoms with Crippen molar-refractivity contribution >= 4 is 5.91 Å². The average molecular weight is 272 g/mol. The second-order valence-electron chi connectivity index (χ2n) is 6.13. The number of rotatable bonds is 5. The summed E-state index contributed by atoms with van der Waals surface area (Å²) in [4.78, 5) is 14.8. The summed E-state index contributed by atoms with van der Waals surface area (Å²) in [6, 6.07) is 8.91. The quantitative estimate of drug-likeness (QED) is 0.896. The first-order valence-electron chi connectivity index (χ1n) is 7.88. The first-order chi connectivity index (χ1) is 9.72. The van der Waals surface area contributed by atoms with E-state index < -0.39 is 0 Å². The number of nitrogens with zero attached hydrogens (tertiary/aromatic N) is 1. The molecule has 0 saturated heterocycles. The highest BCUT2D eigenvalue weighted by Crippen LogP contribution is 2.42. The van der Waals surface area contributed by atoms with Crippen LogP contribution in [0.25, 0.3) is 0 Å². The third-order valence-electron chi connectivity index (χ3n) is 4.55. The Labute approximate surface area is 121 Å². The van der Waals surface area contributed by atoms with Crippen LogP contribution in [0.2, 0.25) is 0 Å². The summed E-state index contributed by atoms with van der Waals surface area (Å²) >= 11 is 0. The Kier molecular flexibility index (Phi) is 3.79. The number of amides is 1. The number of fused-ring (bicyclic) bond motifs is 1. The first kappa shape index (κ1) is 13.6. The fourth-order valence-corrected chi connectivity index (χ4v) is 3.39. The number of nitrogens with two attached hydrogens (primary N) is 1. The number of hydrogen-bond donors (Lipinski definition) is 1. The number of carbonyl (C=O) groups excluding carboxylic acids is 1. The van der Waals surface area contributed by atoms with E-state index in [-0.39, 0.29) is 18.0 Å². The maximum absolute atomic E-state index is 12.7. The van der Waals surface area contributed by atoms with Crippen LogP contribution >= 0.6 is 0 Å². The Hall–Kier alpha value is -1.35. The molecule has 1 saturated carbocycles. The van der Waals surface area contributed by atoms with Crippen molar-refractivity contribution < 1.29 is 4.79 Å². The summed E-state index contributed by atoms with van der Waals surface area (Å²) in [5.41, 5.74) is 8.84. The number of hydrogen-bond acceptors (Lipinski definition) is 2. The van der Waals surface area contributed by atoms with E-state index in [4.69, 9.17) is 5.73 Å². The van der Waals surface area contributed by atoms with Gasteiger partial charge in [-0.3, -0.25) is 4.79 Å². The van der Waals surface area contributed by atoms with Crippen molar-refractivity contribution in [3.63, 3.8) is 0 Å². The largest absolute Gasteiger partial charge is 0.331 e. The zero-order valence-corrected chi connectivity index (χ0v) is 12.2. The Morgan fingerprint density at radius 3 is 2.80 bits per heavy atom. The zero-order chi connectivity index (χ0) is 14.1. The lowest BCUT2D eigenvalue weighted by Crippen LogP contribution is -2.46. The van der Waals surface area contributed by atoms with Gasteiger partial charge in [0.25, 0.3) is 0 Å². The summed E-state index contributed by atoms with van der Waals surface area (Å²) < 4.78 is 0. The van der Waals surface area contributed by atoms with E-state index in [0.29, 0.717) is 6.04 Å². The van der Waals surface area contributed by atoms with Gasteiger partial charge >= 0.3 is 0 Å². The highest BCUT2D eigenvalue weighted by molar-refractivity contribution is 5.83. The molecule has 3 heteroatoms. The van der Waals surface area contributed by atoms with Crippen LogP contribution in [0, 0.1) is 0 Å². The topological polar surface area (TPSA) is 46.3 Å². The Bertz CT molecular complexity index is 496. The van der Waals surface area contributed by atoms with E-state index in [1.165, 1.54) is 11.1 Å². The summed E-state index contributed by atoms with van der Waals surface area (Å²) in [6.45, 7) is 2.08. The number of carbonyl (C=O) groups is 1. The molecule has 2 aliphatic carbocycles. The van der Waals surface area contributed by atoms with Crippen molar-refractivity contribution in [2.45, 2.75) is 63.6 Å². The van der Waals surface area contributed by atoms with Crippen LogP contribution in [-0.2, 0) is 11.2 Å². The molecule has 1 amide bonds. The molecular weight excluding hydrogens is 248 g/mol. The van der Waals surface area contributed by atoms with Crippen molar-refractivity contribution in [1.29, 1.82) is 0 Å². The van der Waals surface area contributed by atoms with E-state index in [2.05, 4.69) is 36.1 Å². The molecule has 1 aromatic carbocycles. The van der Waals surface area contributed by atoms with Gasteiger partial charge in [-0.1, -0.05) is 37.6 Å². The standard InChI is InChI=1S/C17H24N2O/c1-2-5-15(18)17(20)19(13-9-10-13)16-11-8-12-6-3-4-7-14(12)16/h3-4,6-7,13,15-16H,2,5,8-11,18H2,1H3. The molecule has 0 radical (unpaired) electrons. The van der Waals surface area contributed by atoms with Gasteiger partial charge in [0.15, 0.2) is 0 Å². The molecule has 108 valence electrons. The normalized spacial score (nSPS) is 22.4. The molecule has 2 aliphatic rings. The molecule has 20 heavy (non-hydrogen) atoms. The molecular formula is C17H24N2O. The second kappa shape index (κ2) is 5.57. The minimum absolute atomic E-state index is 0.163. The summed E-state index contributed by atoms with van der Waals surface area (Å²) in [5, 5.41) is 0. The van der Waals surface area contributed by atoms with Crippen LogP contribution < -0.4 is 5.73 Å². The highest BCUT2D eigenvalue weighted by atomic mass is 16.2. The predicted octanol–water partition coefficient (Wildman–Crippen LogP) is 2.79. The van der Waals surface area contributed by atoms with Crippen molar-refractivity contribution in [1.82, 2.24) is 4.90 Å². The van der Waals surface area contributed by atoms with Crippen LogP contribution in [0.1, 0.15) is 56.2 Å². The van der Waals surface area contributed by atoms with Gasteiger partial charge in [-0.25, -0.2) is 0 Å². The molecule has 1 aromatic rings. The summed E-state index contributed by atoms with van der Waals surface area (Å²) in [7, 11) is 0. The zero-order valence-electron chi connectivity index (χ0n) is 12.2. The Morgan fingerprint density at radius 2 is 2.10 bits per heavy atom. The van der Waals surface area contributed by atoms with Gasteiger partial charge in [0.1, 0.15) is 0 Å². The molecule has 0 spiro atoms. The van der Waals surface area contributed by atoms with Crippen LogP contribution in [-0.4, -0.2) is 22.9 Å². The van der Waals surface area contributed by atoms with Crippen molar-refractivity contribution in [2.75, 3.05) is 0 Å². The maximum Gasteiger partial charge on any atom is 0.240 e. The molecule has 3 rings (SSSR count). The van der Waals surface area contributed by atoms with E-state index in [9.17, 15) is 4.79 Å². The minimum Gasteiger partial charge on any atom is -0.331 e. The van der Waals surface area contributed by atoms with Crippen LogP contribution in [0.3, 0.4) is 0 Å². The molecule has 2 unspecified atom stereocenters. The molecule has 0 heterocycles. The lowest BCUT2D eigenvalue weighted by Gasteiger charge is -2.32. The monoisotopic (exact) mass is 272 g/mol. The third-order valence-corrected chi connectivity index (χ3v) is 4.55. The van der Waals surface area contributed by atoms with E-state index in [1.807, 2.05) is 0 Å². The summed E-state index contributed by atoms with van der Waals surface area (Å²) in [5.74, 6) is 0.163. The van der Waals surface area contributed by atoms with Crippen molar-refractivity contribution in [2.24, 2.45) is 5.73 Å². The fraction of sp³-hybridized carbons (Fsp3) is 0.588. The summed E-state index contributed by atoms with van der Waals surface area (Å²) in [6.07, 6.45) is 6.18. The van der Waals surface area contributed by atoms with Gasteiger partial charge in [-0.15, -0.1) is 0 Å². The number of aryl methyl sites for hydroxylation is 1. The molecule has 2 N–H and O–H groups in total. The van der Waals surface area contributed by atoms with E-state index >= 15 is 0 Å². The molecule has 0 aliphatic heterocycles. The van der Waals surface area contributed by atoms with Gasteiger partial charge < -0.3 is 10.6 Å². The molecule has 2 atom stereocenters. The van der Waals surface area contributed by atoms with Gasteiger partial charge in [-0.2, -0.15) is 0 Å². The molecule has 3 nitrogen and oxygen atoms in total. The van der Waals surface area contributed by atoms with E-state index in [0.717, 1.165) is 38.5 Å². The van der Waals surface area contributed by atoms with E-state index in [1.54, 1.807) is 0 Å². The molecule has 0 bridgehead atoms. The Balaban J connectivity index is 1.84. The highest BCUT2D eigenvalue weighted by Gasteiger charge is 2.41. The van der Waals surface area contributed by atoms with Gasteiger partial charge in [0, 0.05) is 6.04 Å². The smallest absolute Gasteiger partial charge is 0.240 e. The lowest BCUT2D eigenvalue weighted by atomic mass is 10.0. The lowest BCUT2D eigenvalue weighted by molar-refractivity contribution is -0.136. The minimum atomic E-state index is -0.326. The molecule has 1 fully saturated rings.